The average Bonchev–Trinajstić information content (AvgIpc) is 2.33. The minimum Gasteiger partial charge on any atom is -0.391 e. The molecule has 0 aliphatic rings. The van der Waals surface area contributed by atoms with Crippen molar-refractivity contribution >= 4 is 39.2 Å². The fourth-order valence-corrected chi connectivity index (χ4v) is 1.80. The zero-order valence-electron chi connectivity index (χ0n) is 9.91. The quantitative estimate of drug-likeness (QED) is 0.774. The monoisotopic (exact) mass is 335 g/mol. The van der Waals surface area contributed by atoms with E-state index in [1.165, 1.54) is 12.4 Å². The summed E-state index contributed by atoms with van der Waals surface area (Å²) in [5.74, 6) is 0. The lowest BCUT2D eigenvalue weighted by Gasteiger charge is -2.12. The van der Waals surface area contributed by atoms with Gasteiger partial charge in [0, 0.05) is 12.7 Å². The first-order valence-electron chi connectivity index (χ1n) is 5.56. The SMILES string of the molecule is CCCC(O)CNC(=O)Nc1cncc(Br)c1Cl. The Labute approximate surface area is 119 Å². The molecule has 18 heavy (non-hydrogen) atoms. The number of pyridine rings is 1. The Kier molecular flexibility index (Phi) is 6.38. The smallest absolute Gasteiger partial charge is 0.319 e. The van der Waals surface area contributed by atoms with E-state index in [9.17, 15) is 9.90 Å². The van der Waals surface area contributed by atoms with E-state index < -0.39 is 12.1 Å². The molecule has 0 radical (unpaired) electrons. The molecule has 1 unspecified atom stereocenters. The van der Waals surface area contributed by atoms with Crippen molar-refractivity contribution in [2.24, 2.45) is 0 Å². The molecule has 5 nitrogen and oxygen atoms in total. The van der Waals surface area contributed by atoms with Crippen molar-refractivity contribution in [3.05, 3.63) is 21.9 Å². The van der Waals surface area contributed by atoms with Crippen molar-refractivity contribution in [3.63, 3.8) is 0 Å². The van der Waals surface area contributed by atoms with E-state index >= 15 is 0 Å². The molecule has 0 spiro atoms. The van der Waals surface area contributed by atoms with Crippen molar-refractivity contribution in [3.8, 4) is 0 Å². The van der Waals surface area contributed by atoms with Gasteiger partial charge in [-0.3, -0.25) is 4.98 Å². The van der Waals surface area contributed by atoms with Crippen LogP contribution < -0.4 is 10.6 Å². The molecule has 2 amide bonds. The molecule has 1 heterocycles. The summed E-state index contributed by atoms with van der Waals surface area (Å²) in [6.07, 6.45) is 3.98. The summed E-state index contributed by atoms with van der Waals surface area (Å²) < 4.78 is 0.605. The maximum atomic E-state index is 11.5. The third-order valence-corrected chi connectivity index (χ3v) is 3.44. The Morgan fingerprint density at radius 1 is 1.61 bits per heavy atom. The lowest BCUT2D eigenvalue weighted by Crippen LogP contribution is -2.35. The van der Waals surface area contributed by atoms with Gasteiger partial charge in [0.25, 0.3) is 0 Å². The Morgan fingerprint density at radius 2 is 2.33 bits per heavy atom. The zero-order chi connectivity index (χ0) is 13.5. The summed E-state index contributed by atoms with van der Waals surface area (Å²) in [6.45, 7) is 2.18. The van der Waals surface area contributed by atoms with E-state index in [0.717, 1.165) is 6.42 Å². The second-order valence-electron chi connectivity index (χ2n) is 3.76. The molecule has 3 N–H and O–H groups in total. The van der Waals surface area contributed by atoms with Gasteiger partial charge in [0.2, 0.25) is 0 Å². The molecular weight excluding hydrogens is 321 g/mol. The number of carbonyl (C=O) groups is 1. The predicted molar refractivity (Wildman–Crippen MR) is 74.9 cm³/mol. The minimum absolute atomic E-state index is 0.207. The van der Waals surface area contributed by atoms with Gasteiger partial charge in [0.15, 0.2) is 0 Å². The molecule has 1 rings (SSSR count). The van der Waals surface area contributed by atoms with E-state index in [2.05, 4.69) is 31.5 Å². The van der Waals surface area contributed by atoms with E-state index in [-0.39, 0.29) is 6.54 Å². The lowest BCUT2D eigenvalue weighted by molar-refractivity contribution is 0.162. The number of halogens is 2. The van der Waals surface area contributed by atoms with Crippen LogP contribution in [0.25, 0.3) is 0 Å². The topological polar surface area (TPSA) is 74.2 Å². The average molecular weight is 337 g/mol. The van der Waals surface area contributed by atoms with Crippen LogP contribution in [0.4, 0.5) is 10.5 Å². The van der Waals surface area contributed by atoms with Crippen LogP contribution in [-0.4, -0.2) is 28.8 Å². The van der Waals surface area contributed by atoms with Gasteiger partial charge in [0.1, 0.15) is 0 Å². The number of hydrogen-bond acceptors (Lipinski definition) is 3. The van der Waals surface area contributed by atoms with Crippen molar-refractivity contribution in [2.45, 2.75) is 25.9 Å². The Balaban J connectivity index is 2.47. The van der Waals surface area contributed by atoms with Crippen molar-refractivity contribution in [2.75, 3.05) is 11.9 Å². The fraction of sp³-hybridized carbons (Fsp3) is 0.455. The van der Waals surface area contributed by atoms with Crippen molar-refractivity contribution in [1.82, 2.24) is 10.3 Å². The molecule has 0 aliphatic carbocycles. The normalized spacial score (nSPS) is 12.0. The number of anilines is 1. The first kappa shape index (κ1) is 15.2. The van der Waals surface area contributed by atoms with Gasteiger partial charge in [-0.15, -0.1) is 0 Å². The number of amides is 2. The third-order valence-electron chi connectivity index (χ3n) is 2.21. The highest BCUT2D eigenvalue weighted by atomic mass is 79.9. The fourth-order valence-electron chi connectivity index (χ4n) is 1.32. The second kappa shape index (κ2) is 7.56. The van der Waals surface area contributed by atoms with E-state index in [1.807, 2.05) is 6.92 Å². The molecule has 1 atom stereocenters. The number of nitrogens with zero attached hydrogens (tertiary/aromatic N) is 1. The first-order valence-corrected chi connectivity index (χ1v) is 6.73. The first-order chi connectivity index (χ1) is 8.54. The van der Waals surface area contributed by atoms with E-state index in [0.29, 0.717) is 21.6 Å². The van der Waals surface area contributed by atoms with E-state index in [4.69, 9.17) is 11.6 Å². The van der Waals surface area contributed by atoms with Crippen LogP contribution in [0.15, 0.2) is 16.9 Å². The Morgan fingerprint density at radius 3 is 3.00 bits per heavy atom. The number of rotatable bonds is 5. The van der Waals surface area contributed by atoms with Gasteiger partial charge in [-0.1, -0.05) is 24.9 Å². The van der Waals surface area contributed by atoms with Crippen LogP contribution in [0.2, 0.25) is 5.02 Å². The van der Waals surface area contributed by atoms with Crippen LogP contribution in [0.5, 0.6) is 0 Å². The van der Waals surface area contributed by atoms with Gasteiger partial charge in [0.05, 0.1) is 27.5 Å². The number of aromatic nitrogens is 1. The van der Waals surface area contributed by atoms with Gasteiger partial charge in [-0.25, -0.2) is 4.79 Å². The molecule has 0 aromatic carbocycles. The highest BCUT2D eigenvalue weighted by Gasteiger charge is 2.09. The Bertz CT molecular complexity index is 417. The maximum absolute atomic E-state index is 11.5. The molecule has 0 bridgehead atoms. The van der Waals surface area contributed by atoms with Crippen LogP contribution in [0.1, 0.15) is 19.8 Å². The van der Waals surface area contributed by atoms with E-state index in [1.54, 1.807) is 0 Å². The highest BCUT2D eigenvalue weighted by molar-refractivity contribution is 9.10. The van der Waals surface area contributed by atoms with Crippen LogP contribution >= 0.6 is 27.5 Å². The maximum Gasteiger partial charge on any atom is 0.319 e. The predicted octanol–water partition coefficient (Wildman–Crippen LogP) is 2.78. The third kappa shape index (κ3) is 4.80. The summed E-state index contributed by atoms with van der Waals surface area (Å²) in [5.41, 5.74) is 0.411. The molecule has 0 fully saturated rings. The van der Waals surface area contributed by atoms with Crippen LogP contribution in [0.3, 0.4) is 0 Å². The molecule has 0 saturated heterocycles. The largest absolute Gasteiger partial charge is 0.391 e. The summed E-state index contributed by atoms with van der Waals surface area (Å²) in [6, 6.07) is -0.424. The second-order valence-corrected chi connectivity index (χ2v) is 4.99. The summed E-state index contributed by atoms with van der Waals surface area (Å²) in [7, 11) is 0. The van der Waals surface area contributed by atoms with Crippen LogP contribution in [-0.2, 0) is 0 Å². The van der Waals surface area contributed by atoms with Crippen LogP contribution in [0, 0.1) is 0 Å². The molecule has 7 heteroatoms. The number of urea groups is 1. The standard InChI is InChI=1S/C11H15BrClN3O2/c1-2-3-7(17)4-15-11(18)16-9-6-14-5-8(12)10(9)13/h5-7,17H,2-4H2,1H3,(H2,15,16,18). The van der Waals surface area contributed by atoms with Gasteiger partial charge < -0.3 is 15.7 Å². The summed E-state index contributed by atoms with van der Waals surface area (Å²) >= 11 is 9.18. The summed E-state index contributed by atoms with van der Waals surface area (Å²) in [4.78, 5) is 15.4. The molecule has 100 valence electrons. The molecule has 1 aromatic rings. The number of hydrogen-bond donors (Lipinski definition) is 3. The van der Waals surface area contributed by atoms with Gasteiger partial charge in [-0.05, 0) is 22.4 Å². The van der Waals surface area contributed by atoms with Crippen molar-refractivity contribution < 1.29 is 9.90 Å². The molecular formula is C11H15BrClN3O2. The minimum atomic E-state index is -0.531. The summed E-state index contributed by atoms with van der Waals surface area (Å²) in [5, 5.41) is 15.0. The number of aliphatic hydroxyl groups excluding tert-OH is 1. The zero-order valence-corrected chi connectivity index (χ0v) is 12.3. The Hall–Kier alpha value is -0.850. The molecule has 0 aliphatic heterocycles. The number of nitrogens with one attached hydrogen (secondary N) is 2. The highest BCUT2D eigenvalue weighted by Crippen LogP contribution is 2.28. The lowest BCUT2D eigenvalue weighted by atomic mass is 10.2. The van der Waals surface area contributed by atoms with Gasteiger partial charge in [-0.2, -0.15) is 0 Å². The molecule has 0 saturated carbocycles. The molecule has 1 aromatic heterocycles. The van der Waals surface area contributed by atoms with Gasteiger partial charge >= 0.3 is 6.03 Å². The van der Waals surface area contributed by atoms with Crippen molar-refractivity contribution in [1.29, 1.82) is 0 Å². The number of aliphatic hydroxyl groups is 1. The number of carbonyl (C=O) groups excluding carboxylic acids is 1.